The summed E-state index contributed by atoms with van der Waals surface area (Å²) in [6.07, 6.45) is 1.15. The fraction of sp³-hybridized carbons (Fsp3) is 0.400. The molecule has 1 aliphatic carbocycles. The van der Waals surface area contributed by atoms with Crippen LogP contribution >= 0.6 is 12.4 Å². The average Bonchev–Trinajstić information content (AvgIpc) is 2.30. The number of fused-ring (bicyclic) bond motifs is 1. The first-order valence-electron chi connectivity index (χ1n) is 4.12. The van der Waals surface area contributed by atoms with E-state index in [9.17, 15) is 0 Å². The minimum Gasteiger partial charge on any atom is -0.324 e. The molecule has 12 heavy (non-hydrogen) atoms. The Balaban J connectivity index is 0.000000720. The van der Waals surface area contributed by atoms with Crippen LogP contribution in [0.5, 0.6) is 0 Å². The molecule has 0 aromatic heterocycles. The topological polar surface area (TPSA) is 26.0 Å². The Labute approximate surface area is 79.4 Å². The Bertz CT molecular complexity index is 272. The third kappa shape index (κ3) is 1.35. The highest BCUT2D eigenvalue weighted by Gasteiger charge is 2.24. The Morgan fingerprint density at radius 2 is 2.00 bits per heavy atom. The van der Waals surface area contributed by atoms with Crippen LogP contribution in [0.3, 0.4) is 0 Å². The van der Waals surface area contributed by atoms with Crippen LogP contribution in [0.25, 0.3) is 0 Å². The van der Waals surface area contributed by atoms with Gasteiger partial charge in [0.25, 0.3) is 0 Å². The van der Waals surface area contributed by atoms with Crippen LogP contribution in [0.2, 0.25) is 0 Å². The first-order chi connectivity index (χ1) is 5.29. The van der Waals surface area contributed by atoms with Crippen molar-refractivity contribution in [3.05, 3.63) is 35.4 Å². The van der Waals surface area contributed by atoms with E-state index in [-0.39, 0.29) is 18.4 Å². The molecule has 1 aliphatic rings. The lowest BCUT2D eigenvalue weighted by atomic mass is 10.0. The monoisotopic (exact) mass is 183 g/mol. The number of hydrogen-bond acceptors (Lipinski definition) is 1. The first-order valence-corrected chi connectivity index (χ1v) is 4.12. The van der Waals surface area contributed by atoms with Gasteiger partial charge in [-0.25, -0.2) is 0 Å². The first kappa shape index (κ1) is 9.56. The molecule has 0 spiro atoms. The van der Waals surface area contributed by atoms with E-state index in [1.54, 1.807) is 0 Å². The molecule has 0 heterocycles. The van der Waals surface area contributed by atoms with Gasteiger partial charge in [0, 0.05) is 6.04 Å². The number of rotatable bonds is 0. The van der Waals surface area contributed by atoms with E-state index >= 15 is 0 Å². The maximum Gasteiger partial charge on any atom is 0.0326 e. The van der Waals surface area contributed by atoms with Crippen LogP contribution in [0, 0.1) is 5.92 Å². The standard InChI is InChI=1S/C10H13N.ClH/c1-7-6-8-4-2-3-5-9(8)10(7)11;/h2-5,7,10H,6,11H2,1H3;1H/t7-,10+;/m0./s1. The zero-order valence-electron chi connectivity index (χ0n) is 7.16. The van der Waals surface area contributed by atoms with Gasteiger partial charge in [0.2, 0.25) is 0 Å². The van der Waals surface area contributed by atoms with Crippen molar-refractivity contribution in [2.75, 3.05) is 0 Å². The Hall–Kier alpha value is -0.530. The van der Waals surface area contributed by atoms with E-state index in [1.807, 2.05) is 0 Å². The normalized spacial score (nSPS) is 26.2. The molecule has 0 saturated heterocycles. The maximum absolute atomic E-state index is 5.99. The highest BCUT2D eigenvalue weighted by Crippen LogP contribution is 2.33. The molecule has 0 bridgehead atoms. The largest absolute Gasteiger partial charge is 0.324 e. The average molecular weight is 184 g/mol. The van der Waals surface area contributed by atoms with E-state index < -0.39 is 0 Å². The number of benzene rings is 1. The predicted octanol–water partition coefficient (Wildman–Crippen LogP) is 2.30. The molecular formula is C10H14ClN. The summed E-state index contributed by atoms with van der Waals surface area (Å²) in [6.45, 7) is 2.21. The molecule has 2 N–H and O–H groups in total. The van der Waals surface area contributed by atoms with Crippen LogP contribution in [0.1, 0.15) is 24.1 Å². The van der Waals surface area contributed by atoms with Crippen LogP contribution < -0.4 is 5.73 Å². The van der Waals surface area contributed by atoms with E-state index in [4.69, 9.17) is 5.73 Å². The second-order valence-electron chi connectivity index (χ2n) is 3.41. The third-order valence-corrected chi connectivity index (χ3v) is 2.57. The predicted molar refractivity (Wildman–Crippen MR) is 53.5 cm³/mol. The summed E-state index contributed by atoms with van der Waals surface area (Å²) in [4.78, 5) is 0. The smallest absolute Gasteiger partial charge is 0.0326 e. The van der Waals surface area contributed by atoms with E-state index in [0.717, 1.165) is 6.42 Å². The quantitative estimate of drug-likeness (QED) is 0.657. The molecule has 2 atom stereocenters. The summed E-state index contributed by atoms with van der Waals surface area (Å²) in [5.41, 5.74) is 8.77. The zero-order chi connectivity index (χ0) is 7.84. The zero-order valence-corrected chi connectivity index (χ0v) is 7.97. The molecule has 1 aromatic carbocycles. The molecule has 1 aromatic rings. The molecular weight excluding hydrogens is 170 g/mol. The highest BCUT2D eigenvalue weighted by molar-refractivity contribution is 5.85. The van der Waals surface area contributed by atoms with Crippen molar-refractivity contribution in [2.45, 2.75) is 19.4 Å². The van der Waals surface area contributed by atoms with Crippen molar-refractivity contribution in [2.24, 2.45) is 11.7 Å². The fourth-order valence-corrected chi connectivity index (χ4v) is 1.83. The van der Waals surface area contributed by atoms with Gasteiger partial charge in [0.05, 0.1) is 0 Å². The molecule has 2 rings (SSSR count). The molecule has 0 radical (unpaired) electrons. The summed E-state index contributed by atoms with van der Waals surface area (Å²) in [5, 5.41) is 0. The van der Waals surface area contributed by atoms with Crippen molar-refractivity contribution in [1.82, 2.24) is 0 Å². The van der Waals surface area contributed by atoms with Gasteiger partial charge in [0.1, 0.15) is 0 Å². The van der Waals surface area contributed by atoms with E-state index in [0.29, 0.717) is 5.92 Å². The molecule has 0 saturated carbocycles. The van der Waals surface area contributed by atoms with Gasteiger partial charge < -0.3 is 5.73 Å². The summed E-state index contributed by atoms with van der Waals surface area (Å²) in [5.74, 6) is 0.618. The maximum atomic E-state index is 5.99. The van der Waals surface area contributed by atoms with Crippen molar-refractivity contribution in [3.63, 3.8) is 0 Å². The third-order valence-electron chi connectivity index (χ3n) is 2.57. The Kier molecular flexibility index (Phi) is 2.76. The second-order valence-corrected chi connectivity index (χ2v) is 3.41. The van der Waals surface area contributed by atoms with Crippen LogP contribution in [-0.2, 0) is 6.42 Å². The van der Waals surface area contributed by atoms with Crippen molar-refractivity contribution in [1.29, 1.82) is 0 Å². The number of halogens is 1. The van der Waals surface area contributed by atoms with E-state index in [1.165, 1.54) is 11.1 Å². The molecule has 2 heteroatoms. The highest BCUT2D eigenvalue weighted by atomic mass is 35.5. The van der Waals surface area contributed by atoms with Crippen molar-refractivity contribution in [3.8, 4) is 0 Å². The van der Waals surface area contributed by atoms with Gasteiger partial charge in [-0.3, -0.25) is 0 Å². The summed E-state index contributed by atoms with van der Waals surface area (Å²) >= 11 is 0. The van der Waals surface area contributed by atoms with E-state index in [2.05, 4.69) is 31.2 Å². The summed E-state index contributed by atoms with van der Waals surface area (Å²) < 4.78 is 0. The van der Waals surface area contributed by atoms with Gasteiger partial charge in [0.15, 0.2) is 0 Å². The lowest BCUT2D eigenvalue weighted by molar-refractivity contribution is 0.513. The van der Waals surface area contributed by atoms with Gasteiger partial charge in [-0.2, -0.15) is 0 Å². The lowest BCUT2D eigenvalue weighted by Crippen LogP contribution is -2.13. The molecule has 1 nitrogen and oxygen atoms in total. The van der Waals surface area contributed by atoms with Gasteiger partial charge in [-0.1, -0.05) is 31.2 Å². The van der Waals surface area contributed by atoms with Gasteiger partial charge in [-0.05, 0) is 23.5 Å². The SMILES string of the molecule is C[C@H]1Cc2ccccc2[C@@H]1N.Cl. The van der Waals surface area contributed by atoms with Crippen molar-refractivity contribution >= 4 is 12.4 Å². The lowest BCUT2D eigenvalue weighted by Gasteiger charge is -2.08. The minimum atomic E-state index is 0. The van der Waals surface area contributed by atoms with Crippen LogP contribution in [0.4, 0.5) is 0 Å². The molecule has 0 aliphatic heterocycles. The molecule has 0 amide bonds. The summed E-state index contributed by atoms with van der Waals surface area (Å²) in [7, 11) is 0. The van der Waals surface area contributed by atoms with Gasteiger partial charge in [-0.15, -0.1) is 12.4 Å². The van der Waals surface area contributed by atoms with Crippen LogP contribution in [-0.4, -0.2) is 0 Å². The molecule has 0 unspecified atom stereocenters. The second kappa shape index (κ2) is 3.46. The number of nitrogens with two attached hydrogens (primary N) is 1. The van der Waals surface area contributed by atoms with Gasteiger partial charge >= 0.3 is 0 Å². The summed E-state index contributed by atoms with van der Waals surface area (Å²) in [6, 6.07) is 8.74. The Morgan fingerprint density at radius 1 is 1.33 bits per heavy atom. The minimum absolute atomic E-state index is 0. The van der Waals surface area contributed by atoms with Crippen molar-refractivity contribution < 1.29 is 0 Å². The van der Waals surface area contributed by atoms with Crippen LogP contribution in [0.15, 0.2) is 24.3 Å². The molecule has 66 valence electrons. The molecule has 0 fully saturated rings. The number of hydrogen-bond donors (Lipinski definition) is 1. The fourth-order valence-electron chi connectivity index (χ4n) is 1.83. The Morgan fingerprint density at radius 3 is 2.67 bits per heavy atom.